The maximum atomic E-state index is 14.5. The molecule has 2 N–H and O–H groups in total. The molecule has 0 aromatic heterocycles. The lowest BCUT2D eigenvalue weighted by atomic mass is 9.73. The number of anilines is 1. The zero-order valence-corrected chi connectivity index (χ0v) is 29.2. The summed E-state index contributed by atoms with van der Waals surface area (Å²) < 4.78 is 11.9. The van der Waals surface area contributed by atoms with Crippen molar-refractivity contribution in [1.29, 1.82) is 0 Å². The Balaban J connectivity index is 1.05. The van der Waals surface area contributed by atoms with Crippen LogP contribution in [0.3, 0.4) is 0 Å². The normalized spacial score (nSPS) is 32.7. The van der Waals surface area contributed by atoms with E-state index in [1.165, 1.54) is 5.56 Å². The molecule has 49 heavy (non-hydrogen) atoms. The van der Waals surface area contributed by atoms with E-state index >= 15 is 0 Å². The van der Waals surface area contributed by atoms with Crippen LogP contribution in [0.25, 0.3) is 0 Å². The quantitative estimate of drug-likeness (QED) is 0.325. The smallest absolute Gasteiger partial charge is 0.246 e. The molecule has 8 atom stereocenters. The Bertz CT molecular complexity index is 1520. The monoisotopic (exact) mass is 668 g/mol. The van der Waals surface area contributed by atoms with Crippen molar-refractivity contribution in [2.24, 2.45) is 29.6 Å². The highest BCUT2D eigenvalue weighted by Crippen LogP contribution is 2.55. The van der Waals surface area contributed by atoms with Crippen molar-refractivity contribution in [2.45, 2.75) is 82.6 Å². The topological polar surface area (TPSA) is 100 Å². The third-order valence-electron chi connectivity index (χ3n) is 12.3. The van der Waals surface area contributed by atoms with E-state index in [4.69, 9.17) is 9.47 Å². The molecule has 2 aromatic rings. The Morgan fingerprint density at radius 1 is 0.959 bits per heavy atom. The van der Waals surface area contributed by atoms with Crippen LogP contribution in [0, 0.1) is 29.6 Å². The van der Waals surface area contributed by atoms with Gasteiger partial charge in [-0.1, -0.05) is 69.2 Å². The van der Waals surface area contributed by atoms with Gasteiger partial charge in [0.2, 0.25) is 17.7 Å². The summed E-state index contributed by atoms with van der Waals surface area (Å²) >= 11 is 0. The lowest BCUT2D eigenvalue weighted by Crippen LogP contribution is -2.58. The minimum atomic E-state index is -1.16. The van der Waals surface area contributed by atoms with Gasteiger partial charge in [0.15, 0.2) is 0 Å². The van der Waals surface area contributed by atoms with Crippen LogP contribution in [0.4, 0.5) is 5.69 Å². The van der Waals surface area contributed by atoms with Gasteiger partial charge in [-0.05, 0) is 99.3 Å². The van der Waals surface area contributed by atoms with Gasteiger partial charge in [-0.3, -0.25) is 14.4 Å². The van der Waals surface area contributed by atoms with Crippen LogP contribution < -0.4 is 15.4 Å². The summed E-state index contributed by atoms with van der Waals surface area (Å²) in [6.45, 7) is 7.87. The van der Waals surface area contributed by atoms with Crippen LogP contribution in [-0.4, -0.2) is 84.6 Å². The van der Waals surface area contributed by atoms with Crippen molar-refractivity contribution in [3.63, 3.8) is 0 Å². The van der Waals surface area contributed by atoms with Gasteiger partial charge in [-0.25, -0.2) is 0 Å². The molecule has 9 nitrogen and oxygen atoms in total. The average Bonchev–Trinajstić information content (AvgIpc) is 3.75. The van der Waals surface area contributed by atoms with Gasteiger partial charge in [-0.15, -0.1) is 0 Å². The van der Waals surface area contributed by atoms with Crippen LogP contribution in [0.1, 0.15) is 57.9 Å². The maximum Gasteiger partial charge on any atom is 0.246 e. The zero-order chi connectivity index (χ0) is 34.1. The summed E-state index contributed by atoms with van der Waals surface area (Å²) in [5, 5.41) is 6.38. The molecule has 1 spiro atoms. The van der Waals surface area contributed by atoms with E-state index in [1.54, 1.807) is 36.3 Å². The molecule has 4 fully saturated rings. The predicted molar refractivity (Wildman–Crippen MR) is 189 cm³/mol. The first-order valence-electron chi connectivity index (χ1n) is 18.5. The summed E-state index contributed by atoms with van der Waals surface area (Å²) in [6, 6.07) is 17.1. The van der Waals surface area contributed by atoms with E-state index < -0.39 is 29.6 Å². The Labute approximate surface area is 290 Å². The molecule has 3 saturated heterocycles. The van der Waals surface area contributed by atoms with Crippen molar-refractivity contribution in [1.82, 2.24) is 15.1 Å². The first-order chi connectivity index (χ1) is 23.8. The van der Waals surface area contributed by atoms with Crippen LogP contribution >= 0.6 is 0 Å². The zero-order valence-electron chi connectivity index (χ0n) is 29.2. The third-order valence-corrected chi connectivity index (χ3v) is 12.3. The molecule has 1 aliphatic carbocycles. The number of fused-ring (bicyclic) bond motifs is 1. The number of amides is 3. The van der Waals surface area contributed by atoms with Gasteiger partial charge in [0.25, 0.3) is 0 Å². The molecule has 0 radical (unpaired) electrons. The molecule has 4 aliphatic heterocycles. The lowest BCUT2D eigenvalue weighted by molar-refractivity contribution is -0.141. The standard InChI is InChI=1S/C40H52N4O5/c1-26-9-7-12-32(27(26)2)42-38(46)36-40-20-17-33(49-40)34(37(45)41-30-13-15-31(48-3)16-14-30)35(40)39(47)44(36)22-8-21-43-23-18-29(19-24-43)25-28-10-5-4-6-11-28/h4-6,10-11,13-17,20,26-27,29,32-36H,7-9,12,18-19,21-25H2,1-3H3,(H,41,45)(H,42,46)/t26-,27-,32-,33-,34+,35-,36-,40-/m1/s1. The number of nitrogens with zero attached hydrogens (tertiary/aromatic N) is 2. The number of benzene rings is 2. The number of piperidine rings is 1. The van der Waals surface area contributed by atoms with Crippen LogP contribution in [0.15, 0.2) is 66.7 Å². The minimum absolute atomic E-state index is 0.0533. The molecule has 2 bridgehead atoms. The first kappa shape index (κ1) is 33.8. The number of methoxy groups -OCH3 is 1. The average molecular weight is 669 g/mol. The van der Waals surface area contributed by atoms with Gasteiger partial charge in [0.05, 0.1) is 25.0 Å². The van der Waals surface area contributed by atoms with Crippen molar-refractivity contribution >= 4 is 23.4 Å². The molecule has 1 saturated carbocycles. The number of hydrogen-bond donors (Lipinski definition) is 2. The molecule has 0 unspecified atom stereocenters. The lowest BCUT2D eigenvalue weighted by Gasteiger charge is -2.38. The molecule has 7 rings (SSSR count). The van der Waals surface area contributed by atoms with E-state index in [9.17, 15) is 14.4 Å². The Kier molecular flexibility index (Phi) is 9.84. The first-order valence-corrected chi connectivity index (χ1v) is 18.5. The van der Waals surface area contributed by atoms with Crippen molar-refractivity contribution < 1.29 is 23.9 Å². The van der Waals surface area contributed by atoms with Crippen LogP contribution in [0.2, 0.25) is 0 Å². The highest BCUT2D eigenvalue weighted by molar-refractivity contribution is 6.02. The third kappa shape index (κ3) is 6.64. The molecule has 3 amide bonds. The fourth-order valence-corrected chi connectivity index (χ4v) is 9.28. The second kappa shape index (κ2) is 14.3. The molecular weight excluding hydrogens is 616 g/mol. The number of carbonyl (C=O) groups excluding carboxylic acids is 3. The SMILES string of the molecule is COc1ccc(NC(=O)[C@H]2[C@H]3C=C[C@@]4(O3)[C@H]2C(=O)N(CCCN2CCC(Cc3ccccc3)CC2)[C@@H]4C(=O)N[C@@H]2CCC[C@@H](C)[C@H]2C)cc1. The van der Waals surface area contributed by atoms with Gasteiger partial charge >= 0.3 is 0 Å². The minimum Gasteiger partial charge on any atom is -0.497 e. The molecule has 2 aromatic carbocycles. The van der Waals surface area contributed by atoms with Gasteiger partial charge < -0.3 is 29.9 Å². The Hall–Kier alpha value is -3.69. The number of carbonyl (C=O) groups is 3. The van der Waals surface area contributed by atoms with Crippen molar-refractivity contribution in [2.75, 3.05) is 38.6 Å². The van der Waals surface area contributed by atoms with E-state index in [0.29, 0.717) is 35.7 Å². The van der Waals surface area contributed by atoms with Crippen molar-refractivity contribution in [3.8, 4) is 5.75 Å². The summed E-state index contributed by atoms with van der Waals surface area (Å²) in [7, 11) is 1.60. The largest absolute Gasteiger partial charge is 0.497 e. The molecule has 4 heterocycles. The van der Waals surface area contributed by atoms with E-state index in [-0.39, 0.29) is 23.8 Å². The van der Waals surface area contributed by atoms with Gasteiger partial charge in [-0.2, -0.15) is 0 Å². The maximum absolute atomic E-state index is 14.5. The van der Waals surface area contributed by atoms with Crippen LogP contribution in [-0.2, 0) is 25.5 Å². The second-order valence-corrected chi connectivity index (χ2v) is 15.2. The van der Waals surface area contributed by atoms with Gasteiger partial charge in [0, 0.05) is 18.3 Å². The van der Waals surface area contributed by atoms with Crippen molar-refractivity contribution in [3.05, 3.63) is 72.3 Å². The molecule has 9 heteroatoms. The number of nitrogens with one attached hydrogen (secondary N) is 2. The number of likely N-dealkylation sites (tertiary alicyclic amines) is 2. The Morgan fingerprint density at radius 3 is 2.45 bits per heavy atom. The van der Waals surface area contributed by atoms with E-state index in [1.807, 2.05) is 12.2 Å². The number of rotatable bonds is 11. The number of hydrogen-bond acceptors (Lipinski definition) is 6. The second-order valence-electron chi connectivity index (χ2n) is 15.2. The highest BCUT2D eigenvalue weighted by Gasteiger charge is 2.72. The fourth-order valence-electron chi connectivity index (χ4n) is 9.28. The fraction of sp³-hybridized carbons (Fsp3) is 0.575. The number of ether oxygens (including phenoxy) is 2. The highest BCUT2D eigenvalue weighted by atomic mass is 16.5. The van der Waals surface area contributed by atoms with Gasteiger partial charge in [0.1, 0.15) is 17.4 Å². The predicted octanol–water partition coefficient (Wildman–Crippen LogP) is 5.07. The summed E-state index contributed by atoms with van der Waals surface area (Å²) in [5.41, 5.74) is 0.866. The summed E-state index contributed by atoms with van der Waals surface area (Å²) in [6.07, 6.45) is 10.6. The van der Waals surface area contributed by atoms with E-state index in [2.05, 4.69) is 59.7 Å². The summed E-state index contributed by atoms with van der Waals surface area (Å²) in [5.74, 6) is 0.179. The summed E-state index contributed by atoms with van der Waals surface area (Å²) in [4.78, 5) is 46.9. The van der Waals surface area contributed by atoms with Crippen LogP contribution in [0.5, 0.6) is 5.75 Å². The van der Waals surface area contributed by atoms with E-state index in [0.717, 1.165) is 64.6 Å². The Morgan fingerprint density at radius 2 is 1.71 bits per heavy atom. The molecular formula is C40H52N4O5. The molecule has 5 aliphatic rings. The molecule has 262 valence electrons.